The van der Waals surface area contributed by atoms with Crippen LogP contribution in [0.3, 0.4) is 0 Å². The van der Waals surface area contributed by atoms with Crippen LogP contribution >= 0.6 is 0 Å². The topological polar surface area (TPSA) is 93.8 Å². The van der Waals surface area contributed by atoms with Crippen LogP contribution in [0.5, 0.6) is 5.75 Å². The smallest absolute Gasteiger partial charge is 0.253 e. The maximum atomic E-state index is 13.8. The van der Waals surface area contributed by atoms with Crippen LogP contribution in [0.2, 0.25) is 0 Å². The number of nitrogens with zero attached hydrogens (tertiary/aromatic N) is 1. The Hall–Kier alpha value is -2.96. The molecule has 0 aliphatic carbocycles. The molecule has 0 unspecified atom stereocenters. The van der Waals surface area contributed by atoms with Gasteiger partial charge in [0.15, 0.2) is 0 Å². The fourth-order valence-corrected chi connectivity index (χ4v) is 2.08. The summed E-state index contributed by atoms with van der Waals surface area (Å²) < 4.78 is 18.7. The molecule has 1 amide bonds. The van der Waals surface area contributed by atoms with Gasteiger partial charge in [-0.05, 0) is 41.4 Å². The lowest BCUT2D eigenvalue weighted by atomic mass is 10.1. The lowest BCUT2D eigenvalue weighted by Gasteiger charge is -2.09. The van der Waals surface area contributed by atoms with Crippen molar-refractivity contribution in [3.63, 3.8) is 0 Å². The second-order valence-corrected chi connectivity index (χ2v) is 4.83. The number of benzene rings is 2. The van der Waals surface area contributed by atoms with E-state index in [9.17, 15) is 14.1 Å². The SMILES string of the molecule is COc1ccc(CCNC(=O)c2ccc(N=O)cc2N)c(F)c1. The molecular weight excluding hydrogens is 301 g/mol. The third kappa shape index (κ3) is 4.03. The predicted octanol–water partition coefficient (Wildman–Crippen LogP) is 2.79. The zero-order valence-electron chi connectivity index (χ0n) is 12.5. The number of anilines is 1. The van der Waals surface area contributed by atoms with E-state index in [2.05, 4.69) is 10.5 Å². The van der Waals surface area contributed by atoms with E-state index < -0.39 is 5.91 Å². The van der Waals surface area contributed by atoms with Gasteiger partial charge in [0.2, 0.25) is 0 Å². The molecule has 0 atom stereocenters. The predicted molar refractivity (Wildman–Crippen MR) is 85.3 cm³/mol. The summed E-state index contributed by atoms with van der Waals surface area (Å²) in [7, 11) is 1.46. The first-order valence-corrected chi connectivity index (χ1v) is 6.88. The van der Waals surface area contributed by atoms with E-state index in [-0.39, 0.29) is 29.3 Å². The first kappa shape index (κ1) is 16.4. The second kappa shape index (κ2) is 7.35. The molecule has 7 heteroatoms. The lowest BCUT2D eigenvalue weighted by Crippen LogP contribution is -2.26. The highest BCUT2D eigenvalue weighted by molar-refractivity contribution is 5.99. The number of methoxy groups -OCH3 is 1. The molecule has 0 heterocycles. The molecule has 2 rings (SSSR count). The Bertz CT molecular complexity index is 735. The number of nitroso groups, excluding NO2 is 1. The van der Waals surface area contributed by atoms with Crippen molar-refractivity contribution in [3.8, 4) is 5.75 Å². The number of carbonyl (C=O) groups is 1. The van der Waals surface area contributed by atoms with Crippen molar-refractivity contribution in [2.75, 3.05) is 19.4 Å². The summed E-state index contributed by atoms with van der Waals surface area (Å²) in [6.45, 7) is 0.245. The van der Waals surface area contributed by atoms with Gasteiger partial charge in [-0.25, -0.2) is 4.39 Å². The van der Waals surface area contributed by atoms with E-state index in [1.165, 1.54) is 31.4 Å². The molecule has 0 spiro atoms. The molecule has 0 aliphatic rings. The Morgan fingerprint density at radius 1 is 1.30 bits per heavy atom. The Morgan fingerprint density at radius 2 is 2.09 bits per heavy atom. The van der Waals surface area contributed by atoms with Crippen molar-refractivity contribution in [1.29, 1.82) is 0 Å². The minimum absolute atomic E-state index is 0.152. The highest BCUT2D eigenvalue weighted by atomic mass is 19.1. The normalized spacial score (nSPS) is 10.2. The maximum absolute atomic E-state index is 13.8. The fourth-order valence-electron chi connectivity index (χ4n) is 2.08. The van der Waals surface area contributed by atoms with E-state index in [0.29, 0.717) is 17.7 Å². The van der Waals surface area contributed by atoms with Gasteiger partial charge in [0.05, 0.1) is 12.7 Å². The molecule has 0 saturated carbocycles. The van der Waals surface area contributed by atoms with Crippen LogP contribution < -0.4 is 15.8 Å². The summed E-state index contributed by atoms with van der Waals surface area (Å²) in [5.41, 5.74) is 6.73. The Morgan fingerprint density at radius 3 is 2.70 bits per heavy atom. The van der Waals surface area contributed by atoms with Crippen molar-refractivity contribution in [3.05, 3.63) is 58.2 Å². The Labute approximate surface area is 132 Å². The van der Waals surface area contributed by atoms with Gasteiger partial charge in [0.25, 0.3) is 5.91 Å². The van der Waals surface area contributed by atoms with Gasteiger partial charge >= 0.3 is 0 Å². The summed E-state index contributed by atoms with van der Waals surface area (Å²) in [5, 5.41) is 5.40. The maximum Gasteiger partial charge on any atom is 0.253 e. The van der Waals surface area contributed by atoms with E-state index in [0.717, 1.165) is 0 Å². The van der Waals surface area contributed by atoms with E-state index in [1.807, 2.05) is 0 Å². The minimum atomic E-state index is -0.395. The molecule has 0 aromatic heterocycles. The van der Waals surface area contributed by atoms with Crippen LogP contribution in [0, 0.1) is 10.7 Å². The van der Waals surface area contributed by atoms with E-state index in [4.69, 9.17) is 10.5 Å². The number of nitrogens with one attached hydrogen (secondary N) is 1. The van der Waals surface area contributed by atoms with E-state index in [1.54, 1.807) is 12.1 Å². The van der Waals surface area contributed by atoms with Crippen molar-refractivity contribution in [2.45, 2.75) is 6.42 Å². The summed E-state index contributed by atoms with van der Waals surface area (Å²) in [6, 6.07) is 8.71. The highest BCUT2D eigenvalue weighted by Gasteiger charge is 2.11. The second-order valence-electron chi connectivity index (χ2n) is 4.83. The number of rotatable bonds is 6. The molecule has 0 fully saturated rings. The van der Waals surface area contributed by atoms with Crippen LogP contribution in [-0.2, 0) is 6.42 Å². The molecule has 0 bridgehead atoms. The van der Waals surface area contributed by atoms with Crippen LogP contribution in [0.4, 0.5) is 15.8 Å². The van der Waals surface area contributed by atoms with Crippen LogP contribution in [0.25, 0.3) is 0 Å². The summed E-state index contributed by atoms with van der Waals surface area (Å²) in [4.78, 5) is 22.4. The van der Waals surface area contributed by atoms with Gasteiger partial charge in [-0.3, -0.25) is 4.79 Å². The molecule has 0 aliphatic heterocycles. The van der Waals surface area contributed by atoms with E-state index >= 15 is 0 Å². The fraction of sp³-hybridized carbons (Fsp3) is 0.188. The zero-order valence-corrected chi connectivity index (χ0v) is 12.5. The standard InChI is InChI=1S/C16H16FN3O3/c1-23-12-4-2-10(14(17)9-12)6-7-19-16(21)13-5-3-11(20-22)8-15(13)18/h2-5,8-9H,6-7,18H2,1H3,(H,19,21). The summed E-state index contributed by atoms with van der Waals surface area (Å²) in [6.07, 6.45) is 0.329. The van der Waals surface area contributed by atoms with Crippen molar-refractivity contribution < 1.29 is 13.9 Å². The molecular formula is C16H16FN3O3. The lowest BCUT2D eigenvalue weighted by molar-refractivity contribution is 0.0955. The summed E-state index contributed by atoms with van der Waals surface area (Å²) >= 11 is 0. The van der Waals surface area contributed by atoms with Crippen LogP contribution in [-0.4, -0.2) is 19.6 Å². The zero-order chi connectivity index (χ0) is 16.8. The highest BCUT2D eigenvalue weighted by Crippen LogP contribution is 2.20. The van der Waals surface area contributed by atoms with Crippen molar-refractivity contribution >= 4 is 17.3 Å². The number of amides is 1. The van der Waals surface area contributed by atoms with Gasteiger partial charge in [0.1, 0.15) is 17.3 Å². The molecule has 2 aromatic rings. The molecule has 23 heavy (non-hydrogen) atoms. The number of nitrogens with two attached hydrogens (primary N) is 1. The van der Waals surface area contributed by atoms with Crippen molar-refractivity contribution in [2.24, 2.45) is 5.18 Å². The first-order valence-electron chi connectivity index (χ1n) is 6.88. The quantitative estimate of drug-likeness (QED) is 0.633. The minimum Gasteiger partial charge on any atom is -0.497 e. The summed E-state index contributed by atoms with van der Waals surface area (Å²) in [5.74, 6) is -0.347. The van der Waals surface area contributed by atoms with Crippen LogP contribution in [0.15, 0.2) is 41.6 Å². The molecule has 120 valence electrons. The number of nitrogen functional groups attached to an aromatic ring is 1. The monoisotopic (exact) mass is 317 g/mol. The van der Waals surface area contributed by atoms with Gasteiger partial charge in [-0.15, -0.1) is 4.91 Å². The molecule has 6 nitrogen and oxygen atoms in total. The number of hydrogen-bond donors (Lipinski definition) is 2. The Kier molecular flexibility index (Phi) is 5.24. The van der Waals surface area contributed by atoms with Crippen LogP contribution in [0.1, 0.15) is 15.9 Å². The molecule has 0 radical (unpaired) electrons. The van der Waals surface area contributed by atoms with Crippen molar-refractivity contribution in [1.82, 2.24) is 5.32 Å². The number of hydrogen-bond acceptors (Lipinski definition) is 5. The van der Waals surface area contributed by atoms with Gasteiger partial charge in [0, 0.05) is 18.3 Å². The van der Waals surface area contributed by atoms with Gasteiger partial charge in [-0.1, -0.05) is 6.07 Å². The average Bonchev–Trinajstić information content (AvgIpc) is 2.55. The molecule has 0 saturated heterocycles. The van der Waals surface area contributed by atoms with Gasteiger partial charge in [-0.2, -0.15) is 0 Å². The first-order chi connectivity index (χ1) is 11.0. The Balaban J connectivity index is 1.96. The molecule has 3 N–H and O–H groups in total. The van der Waals surface area contributed by atoms with Gasteiger partial charge < -0.3 is 15.8 Å². The molecule has 2 aromatic carbocycles. The largest absolute Gasteiger partial charge is 0.497 e. The third-order valence-corrected chi connectivity index (χ3v) is 3.33. The third-order valence-electron chi connectivity index (χ3n) is 3.33. The number of carbonyl (C=O) groups excluding carboxylic acids is 1. The average molecular weight is 317 g/mol. The number of ether oxygens (including phenoxy) is 1. The number of halogens is 1.